The summed E-state index contributed by atoms with van der Waals surface area (Å²) >= 11 is 0. The fourth-order valence-corrected chi connectivity index (χ4v) is 1.51. The van der Waals surface area contributed by atoms with Crippen molar-refractivity contribution >= 4 is 6.09 Å². The fraction of sp³-hybridized carbons (Fsp3) is 0.800. The van der Waals surface area contributed by atoms with E-state index in [1.165, 1.54) is 4.90 Å². The van der Waals surface area contributed by atoms with Crippen LogP contribution in [0, 0.1) is 11.3 Å². The molecule has 1 saturated heterocycles. The van der Waals surface area contributed by atoms with Gasteiger partial charge in [0.05, 0.1) is 6.07 Å². The predicted molar refractivity (Wildman–Crippen MR) is 54.9 cm³/mol. The van der Waals surface area contributed by atoms with Crippen molar-refractivity contribution in [3.8, 4) is 6.07 Å². The number of nitrogens with zero attached hydrogens (tertiary/aromatic N) is 2. The Hall–Kier alpha value is -1.28. The first kappa shape index (κ1) is 11.8. The lowest BCUT2D eigenvalue weighted by atomic mass is 10.2. The minimum absolute atomic E-state index is 0.123. The molecule has 1 amide bonds. The summed E-state index contributed by atoms with van der Waals surface area (Å²) in [7, 11) is 0. The first-order chi connectivity index (χ1) is 6.83. The molecule has 1 aliphatic heterocycles. The summed E-state index contributed by atoms with van der Waals surface area (Å²) in [6.07, 6.45) is 0.0671. The van der Waals surface area contributed by atoms with E-state index in [0.717, 1.165) is 0 Å². The maximum absolute atomic E-state index is 11.7. The third kappa shape index (κ3) is 3.10. The van der Waals surface area contributed by atoms with Crippen LogP contribution < -0.4 is 5.73 Å². The van der Waals surface area contributed by atoms with Crippen molar-refractivity contribution in [1.29, 1.82) is 5.26 Å². The molecule has 1 rings (SSSR count). The molecular weight excluding hydrogens is 194 g/mol. The highest BCUT2D eigenvalue weighted by molar-refractivity contribution is 5.69. The van der Waals surface area contributed by atoms with E-state index in [-0.39, 0.29) is 6.04 Å². The Kier molecular flexibility index (Phi) is 3.20. The number of nitriles is 1. The molecule has 0 saturated carbocycles. The van der Waals surface area contributed by atoms with Crippen LogP contribution in [0.2, 0.25) is 0 Å². The van der Waals surface area contributed by atoms with E-state index in [0.29, 0.717) is 13.0 Å². The van der Waals surface area contributed by atoms with E-state index in [9.17, 15) is 4.79 Å². The summed E-state index contributed by atoms with van der Waals surface area (Å²) in [5, 5.41) is 8.85. The lowest BCUT2D eigenvalue weighted by Gasteiger charge is -2.25. The maximum atomic E-state index is 11.7. The van der Waals surface area contributed by atoms with Gasteiger partial charge in [0.2, 0.25) is 0 Å². The molecule has 2 unspecified atom stereocenters. The van der Waals surface area contributed by atoms with Gasteiger partial charge in [-0.25, -0.2) is 4.79 Å². The van der Waals surface area contributed by atoms with Crippen LogP contribution >= 0.6 is 0 Å². The molecule has 0 aromatic heterocycles. The van der Waals surface area contributed by atoms with Crippen LogP contribution in [0.25, 0.3) is 0 Å². The van der Waals surface area contributed by atoms with Crippen molar-refractivity contribution in [2.24, 2.45) is 5.73 Å². The zero-order valence-corrected chi connectivity index (χ0v) is 9.36. The lowest BCUT2D eigenvalue weighted by molar-refractivity contribution is 0.0258. The number of ether oxygens (including phenoxy) is 1. The quantitative estimate of drug-likeness (QED) is 0.644. The molecule has 0 radical (unpaired) electrons. The number of carbonyl (C=O) groups excluding carboxylic acids is 1. The third-order valence-corrected chi connectivity index (χ3v) is 2.11. The van der Waals surface area contributed by atoms with Gasteiger partial charge in [-0.05, 0) is 27.2 Å². The topological polar surface area (TPSA) is 79.3 Å². The molecule has 0 aromatic carbocycles. The SMILES string of the molecule is CC(C)(C)OC(=O)N1CC(N)CC1C#N. The predicted octanol–water partition coefficient (Wildman–Crippen LogP) is 0.847. The Bertz CT molecular complexity index is 290. The van der Waals surface area contributed by atoms with E-state index < -0.39 is 17.7 Å². The van der Waals surface area contributed by atoms with Gasteiger partial charge in [-0.2, -0.15) is 5.26 Å². The molecule has 84 valence electrons. The zero-order valence-electron chi connectivity index (χ0n) is 9.36. The molecule has 15 heavy (non-hydrogen) atoms. The van der Waals surface area contributed by atoms with Gasteiger partial charge in [0, 0.05) is 12.6 Å². The number of carbonyl (C=O) groups is 1. The van der Waals surface area contributed by atoms with Crippen LogP contribution in [0.1, 0.15) is 27.2 Å². The summed E-state index contributed by atoms with van der Waals surface area (Å²) < 4.78 is 5.18. The number of hydrogen-bond acceptors (Lipinski definition) is 4. The first-order valence-electron chi connectivity index (χ1n) is 4.98. The summed E-state index contributed by atoms with van der Waals surface area (Å²) in [6, 6.07) is 1.48. The standard InChI is InChI=1S/C10H17N3O2/c1-10(2,3)15-9(14)13-6-7(12)4-8(13)5-11/h7-8H,4,6,12H2,1-3H3. The molecule has 5 nitrogen and oxygen atoms in total. The molecule has 0 aromatic rings. The average molecular weight is 211 g/mol. The second-order valence-electron chi connectivity index (χ2n) is 4.77. The van der Waals surface area contributed by atoms with Crippen LogP contribution in [0.5, 0.6) is 0 Å². The summed E-state index contributed by atoms with van der Waals surface area (Å²) in [5.41, 5.74) is 5.15. The van der Waals surface area contributed by atoms with E-state index in [1.807, 2.05) is 0 Å². The molecule has 0 aliphatic carbocycles. The van der Waals surface area contributed by atoms with Crippen LogP contribution in [-0.2, 0) is 4.74 Å². The summed E-state index contributed by atoms with van der Waals surface area (Å²) in [6.45, 7) is 5.78. The average Bonchev–Trinajstić information content (AvgIpc) is 2.43. The van der Waals surface area contributed by atoms with Gasteiger partial charge in [-0.15, -0.1) is 0 Å². The molecule has 1 fully saturated rings. The Morgan fingerprint density at radius 1 is 1.60 bits per heavy atom. The van der Waals surface area contributed by atoms with Crippen LogP contribution in [0.15, 0.2) is 0 Å². The van der Waals surface area contributed by atoms with Gasteiger partial charge in [-0.1, -0.05) is 0 Å². The van der Waals surface area contributed by atoms with Crippen LogP contribution in [0.4, 0.5) is 4.79 Å². The van der Waals surface area contributed by atoms with Gasteiger partial charge in [-0.3, -0.25) is 4.90 Å². The molecule has 2 N–H and O–H groups in total. The molecule has 1 aliphatic rings. The van der Waals surface area contributed by atoms with Crippen LogP contribution in [0.3, 0.4) is 0 Å². The smallest absolute Gasteiger partial charge is 0.411 e. The second-order valence-corrected chi connectivity index (χ2v) is 4.77. The third-order valence-electron chi connectivity index (χ3n) is 2.11. The zero-order chi connectivity index (χ0) is 11.6. The maximum Gasteiger partial charge on any atom is 0.411 e. The van der Waals surface area contributed by atoms with Crippen molar-refractivity contribution in [2.75, 3.05) is 6.54 Å². The van der Waals surface area contributed by atoms with E-state index in [1.54, 1.807) is 20.8 Å². The second kappa shape index (κ2) is 4.07. The van der Waals surface area contributed by atoms with Crippen LogP contribution in [-0.4, -0.2) is 35.2 Å². The van der Waals surface area contributed by atoms with Gasteiger partial charge in [0.25, 0.3) is 0 Å². The van der Waals surface area contributed by atoms with Gasteiger partial charge in [0.15, 0.2) is 0 Å². The van der Waals surface area contributed by atoms with E-state index >= 15 is 0 Å². The molecule has 5 heteroatoms. The Labute approximate surface area is 89.8 Å². The van der Waals surface area contributed by atoms with Crippen molar-refractivity contribution in [3.63, 3.8) is 0 Å². The highest BCUT2D eigenvalue weighted by atomic mass is 16.6. The van der Waals surface area contributed by atoms with Crippen molar-refractivity contribution in [3.05, 3.63) is 0 Å². The molecular formula is C10H17N3O2. The monoisotopic (exact) mass is 211 g/mol. The fourth-order valence-electron chi connectivity index (χ4n) is 1.51. The van der Waals surface area contributed by atoms with Gasteiger partial charge < -0.3 is 10.5 Å². The highest BCUT2D eigenvalue weighted by Crippen LogP contribution is 2.19. The van der Waals surface area contributed by atoms with Gasteiger partial charge >= 0.3 is 6.09 Å². The van der Waals surface area contributed by atoms with Gasteiger partial charge in [0.1, 0.15) is 11.6 Å². The minimum Gasteiger partial charge on any atom is -0.444 e. The Balaban J connectivity index is 2.64. The summed E-state index contributed by atoms with van der Waals surface area (Å²) in [4.78, 5) is 13.1. The number of rotatable bonds is 0. The number of likely N-dealkylation sites (tertiary alicyclic amines) is 1. The molecule has 1 heterocycles. The minimum atomic E-state index is -0.538. The van der Waals surface area contributed by atoms with Crippen molar-refractivity contribution in [1.82, 2.24) is 4.90 Å². The largest absolute Gasteiger partial charge is 0.444 e. The van der Waals surface area contributed by atoms with E-state index in [4.69, 9.17) is 15.7 Å². The van der Waals surface area contributed by atoms with E-state index in [2.05, 4.69) is 6.07 Å². The Morgan fingerprint density at radius 3 is 2.67 bits per heavy atom. The molecule has 2 atom stereocenters. The molecule has 0 spiro atoms. The highest BCUT2D eigenvalue weighted by Gasteiger charge is 2.35. The number of hydrogen-bond donors (Lipinski definition) is 1. The lowest BCUT2D eigenvalue weighted by Crippen LogP contribution is -2.40. The Morgan fingerprint density at radius 2 is 2.20 bits per heavy atom. The van der Waals surface area contributed by atoms with Crippen molar-refractivity contribution in [2.45, 2.75) is 44.9 Å². The normalized spacial score (nSPS) is 26.2. The first-order valence-corrected chi connectivity index (χ1v) is 4.98. The molecule has 0 bridgehead atoms. The summed E-state index contributed by atoms with van der Waals surface area (Å²) in [5.74, 6) is 0. The van der Waals surface area contributed by atoms with Crippen molar-refractivity contribution < 1.29 is 9.53 Å². The number of nitrogens with two attached hydrogens (primary N) is 1. The number of amides is 1.